The highest BCUT2D eigenvalue weighted by Gasteiger charge is 2.29. The Bertz CT molecular complexity index is 346. The molecule has 1 amide bonds. The fourth-order valence-electron chi connectivity index (χ4n) is 1.66. The lowest BCUT2D eigenvalue weighted by Gasteiger charge is -2.24. The lowest BCUT2D eigenvalue weighted by Crippen LogP contribution is -2.43. The lowest BCUT2D eigenvalue weighted by atomic mass is 10.2. The van der Waals surface area contributed by atoms with Crippen molar-refractivity contribution >= 4 is 11.9 Å². The molecular weight excluding hydrogens is 208 g/mol. The fourth-order valence-corrected chi connectivity index (χ4v) is 1.66. The van der Waals surface area contributed by atoms with E-state index in [1.807, 2.05) is 18.9 Å². The molecule has 1 rings (SSSR count). The van der Waals surface area contributed by atoms with Gasteiger partial charge in [0.2, 0.25) is 11.9 Å². The molecule has 1 aliphatic rings. The molecule has 7 nitrogen and oxygen atoms in total. The molecule has 1 saturated heterocycles. The predicted molar refractivity (Wildman–Crippen MR) is 60.9 cm³/mol. The van der Waals surface area contributed by atoms with E-state index in [-0.39, 0.29) is 5.91 Å². The molecule has 0 aliphatic carbocycles. The minimum Gasteiger partial charge on any atom is -0.346 e. The molecule has 88 valence electrons. The van der Waals surface area contributed by atoms with E-state index in [1.54, 1.807) is 7.05 Å². The molecule has 1 fully saturated rings. The number of carbonyl (C=O) groups is 1. The third-order valence-electron chi connectivity index (χ3n) is 2.49. The SMILES string of the molecule is CC/N=C1\N(C)CCC(N=[N+]=[N-])C(=O)N1C. The van der Waals surface area contributed by atoms with Gasteiger partial charge in [-0.05, 0) is 18.9 Å². The van der Waals surface area contributed by atoms with Crippen LogP contribution >= 0.6 is 0 Å². The van der Waals surface area contributed by atoms with E-state index in [0.29, 0.717) is 25.5 Å². The first kappa shape index (κ1) is 12.3. The van der Waals surface area contributed by atoms with Crippen molar-refractivity contribution in [3.63, 3.8) is 0 Å². The van der Waals surface area contributed by atoms with E-state index in [9.17, 15) is 4.79 Å². The minimum atomic E-state index is -0.623. The van der Waals surface area contributed by atoms with Gasteiger partial charge in [0.05, 0.1) is 0 Å². The number of hydrogen-bond donors (Lipinski definition) is 0. The lowest BCUT2D eigenvalue weighted by molar-refractivity contribution is -0.127. The molecule has 0 aromatic rings. The van der Waals surface area contributed by atoms with E-state index >= 15 is 0 Å². The summed E-state index contributed by atoms with van der Waals surface area (Å²) in [7, 11) is 3.52. The number of nitrogens with zero attached hydrogens (tertiary/aromatic N) is 6. The summed E-state index contributed by atoms with van der Waals surface area (Å²) in [5.41, 5.74) is 8.39. The van der Waals surface area contributed by atoms with Gasteiger partial charge in [0.25, 0.3) is 0 Å². The van der Waals surface area contributed by atoms with E-state index in [2.05, 4.69) is 15.0 Å². The summed E-state index contributed by atoms with van der Waals surface area (Å²) in [5, 5.41) is 3.51. The van der Waals surface area contributed by atoms with Crippen LogP contribution in [0.2, 0.25) is 0 Å². The molecule has 1 aliphatic heterocycles. The largest absolute Gasteiger partial charge is 0.346 e. The monoisotopic (exact) mass is 224 g/mol. The van der Waals surface area contributed by atoms with Crippen molar-refractivity contribution in [1.82, 2.24) is 9.80 Å². The molecule has 1 atom stereocenters. The zero-order chi connectivity index (χ0) is 12.1. The van der Waals surface area contributed by atoms with Crippen molar-refractivity contribution in [3.8, 4) is 0 Å². The fraction of sp³-hybridized carbons (Fsp3) is 0.778. The Balaban J connectivity index is 2.99. The van der Waals surface area contributed by atoms with Crippen LogP contribution in [-0.2, 0) is 4.79 Å². The standard InChI is InChI=1S/C9H16N6O/c1-4-11-9-14(2)6-5-7(12-13-10)8(16)15(9)3/h7H,4-6H2,1-3H3/b11-9+. The van der Waals surface area contributed by atoms with Gasteiger partial charge in [-0.15, -0.1) is 0 Å². The van der Waals surface area contributed by atoms with Crippen LogP contribution in [0.15, 0.2) is 10.1 Å². The van der Waals surface area contributed by atoms with Gasteiger partial charge in [0, 0.05) is 32.1 Å². The van der Waals surface area contributed by atoms with Gasteiger partial charge >= 0.3 is 0 Å². The molecular formula is C9H16N6O. The van der Waals surface area contributed by atoms with Gasteiger partial charge in [0.1, 0.15) is 6.04 Å². The second kappa shape index (κ2) is 5.37. The predicted octanol–water partition coefficient (Wildman–Crippen LogP) is 0.835. The Morgan fingerprint density at radius 3 is 2.81 bits per heavy atom. The Hall–Kier alpha value is -1.75. The van der Waals surface area contributed by atoms with Crippen LogP contribution < -0.4 is 0 Å². The summed E-state index contributed by atoms with van der Waals surface area (Å²) in [6.45, 7) is 3.18. The van der Waals surface area contributed by atoms with Gasteiger partial charge in [-0.2, -0.15) is 0 Å². The van der Waals surface area contributed by atoms with E-state index in [0.717, 1.165) is 0 Å². The van der Waals surface area contributed by atoms with Crippen LogP contribution in [0.5, 0.6) is 0 Å². The van der Waals surface area contributed by atoms with Crippen molar-refractivity contribution in [2.24, 2.45) is 10.1 Å². The first-order valence-corrected chi connectivity index (χ1v) is 5.19. The third kappa shape index (κ3) is 2.43. The van der Waals surface area contributed by atoms with E-state index < -0.39 is 6.04 Å². The minimum absolute atomic E-state index is 0.200. The van der Waals surface area contributed by atoms with Crippen LogP contribution in [0, 0.1) is 0 Å². The Kier molecular flexibility index (Phi) is 4.13. The molecule has 0 bridgehead atoms. The molecule has 1 unspecified atom stereocenters. The summed E-state index contributed by atoms with van der Waals surface area (Å²) in [6, 6.07) is -0.623. The molecule has 16 heavy (non-hydrogen) atoms. The zero-order valence-electron chi connectivity index (χ0n) is 9.79. The summed E-state index contributed by atoms with van der Waals surface area (Å²) in [5.74, 6) is 0.428. The summed E-state index contributed by atoms with van der Waals surface area (Å²) < 4.78 is 0. The third-order valence-corrected chi connectivity index (χ3v) is 2.49. The number of azide groups is 1. The molecule has 0 aromatic carbocycles. The van der Waals surface area contributed by atoms with Crippen LogP contribution in [0.4, 0.5) is 0 Å². The van der Waals surface area contributed by atoms with Gasteiger partial charge in [-0.3, -0.25) is 14.7 Å². The van der Waals surface area contributed by atoms with Crippen LogP contribution in [0.1, 0.15) is 13.3 Å². The normalized spacial score (nSPS) is 24.3. The second-order valence-electron chi connectivity index (χ2n) is 3.60. The number of guanidine groups is 1. The van der Waals surface area contributed by atoms with Gasteiger partial charge in [-0.1, -0.05) is 5.11 Å². The summed E-state index contributed by atoms with van der Waals surface area (Å²) in [4.78, 5) is 22.2. The topological polar surface area (TPSA) is 84.7 Å². The van der Waals surface area contributed by atoms with Gasteiger partial charge in [0.15, 0.2) is 0 Å². The Morgan fingerprint density at radius 2 is 2.25 bits per heavy atom. The maximum absolute atomic E-state index is 11.9. The van der Waals surface area contributed by atoms with Crippen molar-refractivity contribution in [3.05, 3.63) is 10.4 Å². The summed E-state index contributed by atoms with van der Waals surface area (Å²) in [6.07, 6.45) is 0.520. The second-order valence-corrected chi connectivity index (χ2v) is 3.60. The molecule has 0 aromatic heterocycles. The number of rotatable bonds is 2. The first-order valence-electron chi connectivity index (χ1n) is 5.19. The van der Waals surface area contributed by atoms with Crippen molar-refractivity contribution in [2.75, 3.05) is 27.2 Å². The molecule has 0 spiro atoms. The van der Waals surface area contributed by atoms with Gasteiger partial charge in [-0.25, -0.2) is 0 Å². The van der Waals surface area contributed by atoms with Crippen LogP contribution in [-0.4, -0.2) is 54.9 Å². The van der Waals surface area contributed by atoms with Crippen molar-refractivity contribution < 1.29 is 4.79 Å². The highest BCUT2D eigenvalue weighted by molar-refractivity contribution is 5.99. The average molecular weight is 224 g/mol. The van der Waals surface area contributed by atoms with E-state index in [1.165, 1.54) is 4.90 Å². The number of hydrogen-bond acceptors (Lipinski definition) is 3. The Morgan fingerprint density at radius 1 is 1.56 bits per heavy atom. The quantitative estimate of drug-likeness (QED) is 0.395. The maximum atomic E-state index is 11.9. The Labute approximate surface area is 94.4 Å². The number of aliphatic imine (C=N–C) groups is 1. The number of carbonyl (C=O) groups excluding carboxylic acids is 1. The van der Waals surface area contributed by atoms with Crippen LogP contribution in [0.3, 0.4) is 0 Å². The molecule has 1 heterocycles. The molecule has 0 saturated carbocycles. The highest BCUT2D eigenvalue weighted by Crippen LogP contribution is 2.12. The smallest absolute Gasteiger partial charge is 0.238 e. The van der Waals surface area contributed by atoms with Crippen LogP contribution in [0.25, 0.3) is 10.4 Å². The van der Waals surface area contributed by atoms with Gasteiger partial charge < -0.3 is 4.90 Å². The average Bonchev–Trinajstić information content (AvgIpc) is 2.36. The molecule has 7 heteroatoms. The van der Waals surface area contributed by atoms with Crippen molar-refractivity contribution in [1.29, 1.82) is 0 Å². The number of amides is 1. The maximum Gasteiger partial charge on any atom is 0.238 e. The zero-order valence-corrected chi connectivity index (χ0v) is 9.79. The van der Waals surface area contributed by atoms with Crippen molar-refractivity contribution in [2.45, 2.75) is 19.4 Å². The summed E-state index contributed by atoms with van der Waals surface area (Å²) >= 11 is 0. The highest BCUT2D eigenvalue weighted by atomic mass is 16.2. The first-order chi connectivity index (χ1) is 7.61. The molecule has 0 radical (unpaired) electrons. The molecule has 0 N–H and O–H groups in total. The number of likely N-dealkylation sites (N-methyl/N-ethyl adjacent to an activating group) is 1. The van der Waals surface area contributed by atoms with E-state index in [4.69, 9.17) is 5.53 Å².